The maximum absolute atomic E-state index is 11.7. The molecule has 5 nitrogen and oxygen atoms in total. The number of aromatic carboxylic acids is 1. The molecule has 1 fully saturated rings. The van der Waals surface area contributed by atoms with Gasteiger partial charge in [-0.3, -0.25) is 4.98 Å². The fourth-order valence-corrected chi connectivity index (χ4v) is 4.15. The summed E-state index contributed by atoms with van der Waals surface area (Å²) < 4.78 is 12.4. The Bertz CT molecular complexity index is 974. The van der Waals surface area contributed by atoms with Crippen LogP contribution in [0.5, 0.6) is 5.75 Å². The average Bonchev–Trinajstić information content (AvgIpc) is 3.15. The molecule has 0 radical (unpaired) electrons. The van der Waals surface area contributed by atoms with E-state index in [1.165, 1.54) is 6.42 Å². The highest BCUT2D eigenvalue weighted by Crippen LogP contribution is 2.41. The van der Waals surface area contributed by atoms with Gasteiger partial charge in [0.15, 0.2) is 5.76 Å². The van der Waals surface area contributed by atoms with Gasteiger partial charge in [-0.1, -0.05) is 37.5 Å². The highest BCUT2D eigenvalue weighted by molar-refractivity contribution is 5.90. The van der Waals surface area contributed by atoms with Crippen molar-refractivity contribution in [2.75, 3.05) is 0 Å². The zero-order valence-electron chi connectivity index (χ0n) is 16.5. The van der Waals surface area contributed by atoms with Gasteiger partial charge in [0.1, 0.15) is 28.9 Å². The second-order valence-corrected chi connectivity index (χ2v) is 7.58. The largest absolute Gasteiger partial charge is 0.484 e. The molecule has 1 aromatic carbocycles. The quantitative estimate of drug-likeness (QED) is 0.554. The number of carboxylic acid groups (broad SMARTS) is 1. The Morgan fingerprint density at radius 2 is 1.90 bits per heavy atom. The van der Waals surface area contributed by atoms with Crippen molar-refractivity contribution < 1.29 is 19.1 Å². The van der Waals surface area contributed by atoms with Gasteiger partial charge < -0.3 is 14.3 Å². The molecule has 0 spiro atoms. The van der Waals surface area contributed by atoms with Crippen LogP contribution in [0, 0.1) is 12.8 Å². The minimum atomic E-state index is -0.985. The highest BCUT2D eigenvalue weighted by Gasteiger charge is 2.31. The van der Waals surface area contributed by atoms with E-state index >= 15 is 0 Å². The predicted octanol–water partition coefficient (Wildman–Crippen LogP) is 6.05. The smallest absolute Gasteiger partial charge is 0.339 e. The summed E-state index contributed by atoms with van der Waals surface area (Å²) in [7, 11) is 0. The number of aryl methyl sites for hydroxylation is 1. The minimum Gasteiger partial charge on any atom is -0.484 e. The van der Waals surface area contributed by atoms with Gasteiger partial charge in [-0.25, -0.2) is 4.79 Å². The van der Waals surface area contributed by atoms with Crippen molar-refractivity contribution in [3.05, 3.63) is 71.6 Å². The molecule has 1 aliphatic rings. The summed E-state index contributed by atoms with van der Waals surface area (Å²) in [5.74, 6) is 1.22. The van der Waals surface area contributed by atoms with Gasteiger partial charge >= 0.3 is 5.97 Å². The van der Waals surface area contributed by atoms with Crippen molar-refractivity contribution >= 4 is 5.97 Å². The van der Waals surface area contributed by atoms with Crippen LogP contribution in [0.4, 0.5) is 0 Å². The van der Waals surface area contributed by atoms with Gasteiger partial charge in [0.05, 0.1) is 0 Å². The van der Waals surface area contributed by atoms with Gasteiger partial charge in [0.25, 0.3) is 0 Å². The van der Waals surface area contributed by atoms with Crippen molar-refractivity contribution in [3.63, 3.8) is 0 Å². The summed E-state index contributed by atoms with van der Waals surface area (Å²) >= 11 is 0. The first kappa shape index (κ1) is 19.2. The first-order valence-corrected chi connectivity index (χ1v) is 10.1. The molecule has 2 heterocycles. The molecule has 1 unspecified atom stereocenters. The average molecular weight is 391 g/mol. The molecule has 29 heavy (non-hydrogen) atoms. The number of rotatable bonds is 6. The zero-order chi connectivity index (χ0) is 20.2. The van der Waals surface area contributed by atoms with E-state index in [2.05, 4.69) is 4.98 Å². The van der Waals surface area contributed by atoms with Gasteiger partial charge in [-0.05, 0) is 50.1 Å². The Labute approximate surface area is 170 Å². The van der Waals surface area contributed by atoms with Crippen LogP contribution in [0.3, 0.4) is 0 Å². The number of nitrogens with zero attached hydrogens (tertiary/aromatic N) is 1. The Balaban J connectivity index is 1.72. The van der Waals surface area contributed by atoms with Gasteiger partial charge in [0, 0.05) is 17.7 Å². The fourth-order valence-electron chi connectivity index (χ4n) is 4.15. The van der Waals surface area contributed by atoms with E-state index in [1.807, 2.05) is 31.2 Å². The Hall–Kier alpha value is -3.08. The number of aromatic nitrogens is 1. The SMILES string of the molecule is Cc1oc(-c2ccccn2)cc1C(Oc1ccccc1C(=O)O)C1CCCCC1. The lowest BCUT2D eigenvalue weighted by Crippen LogP contribution is -2.22. The summed E-state index contributed by atoms with van der Waals surface area (Å²) in [4.78, 5) is 16.0. The third-order valence-corrected chi connectivity index (χ3v) is 5.63. The van der Waals surface area contributed by atoms with E-state index in [0.717, 1.165) is 42.7 Å². The maximum Gasteiger partial charge on any atom is 0.339 e. The van der Waals surface area contributed by atoms with E-state index < -0.39 is 5.97 Å². The van der Waals surface area contributed by atoms with E-state index in [4.69, 9.17) is 9.15 Å². The second-order valence-electron chi connectivity index (χ2n) is 7.58. The Morgan fingerprint density at radius 3 is 2.62 bits per heavy atom. The molecule has 0 aliphatic heterocycles. The molecule has 2 aromatic heterocycles. The molecule has 1 atom stereocenters. The number of pyridine rings is 1. The third kappa shape index (κ3) is 4.19. The first-order chi connectivity index (χ1) is 14.1. The minimum absolute atomic E-state index is 0.180. The van der Waals surface area contributed by atoms with Crippen LogP contribution < -0.4 is 4.74 Å². The number of para-hydroxylation sites is 1. The molecule has 1 aliphatic carbocycles. The van der Waals surface area contributed by atoms with Gasteiger partial charge in [0.2, 0.25) is 0 Å². The molecule has 5 heteroatoms. The molecule has 0 bridgehead atoms. The molecule has 3 aromatic rings. The van der Waals surface area contributed by atoms with Crippen LogP contribution in [-0.2, 0) is 0 Å². The predicted molar refractivity (Wildman–Crippen MR) is 110 cm³/mol. The fraction of sp³-hybridized carbons (Fsp3) is 0.333. The van der Waals surface area contributed by atoms with Crippen LogP contribution in [0.15, 0.2) is 59.1 Å². The topological polar surface area (TPSA) is 72.6 Å². The molecule has 1 saturated carbocycles. The van der Waals surface area contributed by atoms with Crippen molar-refractivity contribution in [2.45, 2.75) is 45.1 Å². The molecule has 1 N–H and O–H groups in total. The number of ether oxygens (including phenoxy) is 1. The zero-order valence-corrected chi connectivity index (χ0v) is 16.5. The second kappa shape index (κ2) is 8.52. The molecule has 150 valence electrons. The number of carboxylic acids is 1. The normalized spacial score (nSPS) is 15.8. The molecule has 4 rings (SSSR count). The molecule has 0 saturated heterocycles. The third-order valence-electron chi connectivity index (χ3n) is 5.63. The van der Waals surface area contributed by atoms with E-state index in [1.54, 1.807) is 30.5 Å². The number of hydrogen-bond donors (Lipinski definition) is 1. The summed E-state index contributed by atoms with van der Waals surface area (Å²) in [5, 5.41) is 9.56. The van der Waals surface area contributed by atoms with Crippen LogP contribution in [0.25, 0.3) is 11.5 Å². The lowest BCUT2D eigenvalue weighted by Gasteiger charge is -2.31. The maximum atomic E-state index is 11.7. The Kier molecular flexibility index (Phi) is 5.65. The van der Waals surface area contributed by atoms with Crippen LogP contribution >= 0.6 is 0 Å². The molecular weight excluding hydrogens is 366 g/mol. The lowest BCUT2D eigenvalue weighted by atomic mass is 9.82. The summed E-state index contributed by atoms with van der Waals surface area (Å²) in [5.41, 5.74) is 1.92. The van der Waals surface area contributed by atoms with Crippen LogP contribution in [0.1, 0.15) is 59.9 Å². The number of benzene rings is 1. The van der Waals surface area contributed by atoms with Crippen molar-refractivity contribution in [3.8, 4) is 17.2 Å². The summed E-state index contributed by atoms with van der Waals surface area (Å²) in [6.45, 7) is 1.93. The van der Waals surface area contributed by atoms with E-state index in [-0.39, 0.29) is 11.7 Å². The van der Waals surface area contributed by atoms with Crippen LogP contribution in [0.2, 0.25) is 0 Å². The van der Waals surface area contributed by atoms with E-state index in [0.29, 0.717) is 17.4 Å². The van der Waals surface area contributed by atoms with Gasteiger partial charge in [-0.15, -0.1) is 0 Å². The molecular formula is C24H25NO4. The number of hydrogen-bond acceptors (Lipinski definition) is 4. The van der Waals surface area contributed by atoms with Crippen LogP contribution in [-0.4, -0.2) is 16.1 Å². The lowest BCUT2D eigenvalue weighted by molar-refractivity contribution is 0.0675. The number of carbonyl (C=O) groups is 1. The standard InChI is InChI=1S/C24H25NO4/c1-16-19(15-22(28-16)20-12-7-8-14-25-20)23(17-9-3-2-4-10-17)29-21-13-6-5-11-18(21)24(26)27/h5-8,11-15,17,23H,2-4,9-10H2,1H3,(H,26,27). The van der Waals surface area contributed by atoms with E-state index in [9.17, 15) is 9.90 Å². The highest BCUT2D eigenvalue weighted by atomic mass is 16.5. The first-order valence-electron chi connectivity index (χ1n) is 10.1. The number of furan rings is 1. The molecule has 0 amide bonds. The Morgan fingerprint density at radius 1 is 1.14 bits per heavy atom. The van der Waals surface area contributed by atoms with Gasteiger partial charge in [-0.2, -0.15) is 0 Å². The monoisotopic (exact) mass is 391 g/mol. The summed E-state index contributed by atoms with van der Waals surface area (Å²) in [6, 6.07) is 14.6. The summed E-state index contributed by atoms with van der Waals surface area (Å²) in [6.07, 6.45) is 7.16. The van der Waals surface area contributed by atoms with Crippen molar-refractivity contribution in [1.29, 1.82) is 0 Å². The van der Waals surface area contributed by atoms with Crippen molar-refractivity contribution in [1.82, 2.24) is 4.98 Å². The van der Waals surface area contributed by atoms with Crippen molar-refractivity contribution in [2.24, 2.45) is 5.92 Å².